The van der Waals surface area contributed by atoms with E-state index in [0.29, 0.717) is 23.2 Å². The summed E-state index contributed by atoms with van der Waals surface area (Å²) in [6.07, 6.45) is 2.73. The van der Waals surface area contributed by atoms with Crippen LogP contribution in [0.1, 0.15) is 55.6 Å². The number of tetrazole rings is 1. The summed E-state index contributed by atoms with van der Waals surface area (Å²) in [6.45, 7) is 4.01. The molecule has 2 N–H and O–H groups in total. The zero-order chi connectivity index (χ0) is 22.6. The zero-order valence-corrected chi connectivity index (χ0v) is 19.2. The molecule has 2 aromatic heterocycles. The fourth-order valence-corrected chi connectivity index (χ4v) is 4.80. The van der Waals surface area contributed by atoms with Crippen LogP contribution in [0.4, 0.5) is 0 Å². The number of H-pyrrole nitrogens is 1. The van der Waals surface area contributed by atoms with E-state index in [0.717, 1.165) is 30.7 Å². The average molecular weight is 468 g/mol. The van der Waals surface area contributed by atoms with Crippen LogP contribution in [-0.4, -0.2) is 55.1 Å². The summed E-state index contributed by atoms with van der Waals surface area (Å²) >= 11 is 6.19. The van der Waals surface area contributed by atoms with Crippen molar-refractivity contribution in [2.75, 3.05) is 7.05 Å². The Morgan fingerprint density at radius 2 is 2.00 bits per heavy atom. The van der Waals surface area contributed by atoms with E-state index in [1.807, 2.05) is 4.57 Å². The third-order valence-electron chi connectivity index (χ3n) is 5.25. The molecule has 3 aromatic rings. The van der Waals surface area contributed by atoms with Crippen LogP contribution < -0.4 is 0 Å². The molecular formula is C19H26ClN7O3S. The molecule has 1 aromatic carbocycles. The van der Waals surface area contributed by atoms with Gasteiger partial charge in [-0.05, 0) is 41.5 Å². The van der Waals surface area contributed by atoms with Gasteiger partial charge in [-0.25, -0.2) is 18.5 Å². The quantitative estimate of drug-likeness (QED) is 0.467. The Morgan fingerprint density at radius 1 is 1.29 bits per heavy atom. The van der Waals surface area contributed by atoms with Crippen molar-refractivity contribution in [3.63, 3.8) is 0 Å². The highest BCUT2D eigenvalue weighted by Crippen LogP contribution is 2.25. The number of imidazole rings is 1. The zero-order valence-electron chi connectivity index (χ0n) is 17.7. The Hall–Kier alpha value is -2.34. The van der Waals surface area contributed by atoms with Crippen molar-refractivity contribution < 1.29 is 13.5 Å². The Morgan fingerprint density at radius 3 is 2.58 bits per heavy atom. The van der Waals surface area contributed by atoms with E-state index >= 15 is 0 Å². The van der Waals surface area contributed by atoms with Crippen molar-refractivity contribution in [1.29, 1.82) is 0 Å². The Kier molecular flexibility index (Phi) is 7.42. The van der Waals surface area contributed by atoms with Crippen molar-refractivity contribution in [2.24, 2.45) is 0 Å². The lowest BCUT2D eigenvalue weighted by Crippen LogP contribution is -2.30. The molecule has 0 aliphatic heterocycles. The van der Waals surface area contributed by atoms with E-state index in [9.17, 15) is 13.5 Å². The first kappa shape index (κ1) is 23.3. The van der Waals surface area contributed by atoms with E-state index in [1.54, 1.807) is 31.2 Å². The predicted octanol–water partition coefficient (Wildman–Crippen LogP) is 2.31. The van der Waals surface area contributed by atoms with Crippen LogP contribution in [0, 0.1) is 0 Å². The molecule has 0 saturated heterocycles. The molecule has 0 radical (unpaired) electrons. The molecule has 3 rings (SSSR count). The highest BCUT2D eigenvalue weighted by molar-refractivity contribution is 7.89. The van der Waals surface area contributed by atoms with Gasteiger partial charge in [-0.1, -0.05) is 37.1 Å². The fourth-order valence-electron chi connectivity index (χ4n) is 3.21. The minimum Gasteiger partial charge on any atom is -0.390 e. The smallest absolute Gasteiger partial charge is 0.243 e. The van der Waals surface area contributed by atoms with E-state index < -0.39 is 16.1 Å². The normalized spacial score (nSPS) is 13.1. The molecule has 2 heterocycles. The molecule has 1 unspecified atom stereocenters. The molecule has 0 amide bonds. The van der Waals surface area contributed by atoms with E-state index in [2.05, 4.69) is 32.5 Å². The average Bonchev–Trinajstić information content (AvgIpc) is 3.40. The van der Waals surface area contributed by atoms with Gasteiger partial charge in [-0.15, -0.1) is 5.10 Å². The number of sulfonamides is 1. The first-order valence-electron chi connectivity index (χ1n) is 9.94. The van der Waals surface area contributed by atoms with Crippen LogP contribution in [0.5, 0.6) is 0 Å². The lowest BCUT2D eigenvalue weighted by Gasteiger charge is -2.22. The maximum absolute atomic E-state index is 13.0. The second-order valence-corrected chi connectivity index (χ2v) is 9.60. The van der Waals surface area contributed by atoms with Crippen molar-refractivity contribution >= 4 is 21.6 Å². The van der Waals surface area contributed by atoms with Gasteiger partial charge in [0.2, 0.25) is 10.0 Å². The number of aliphatic hydroxyl groups excluding tert-OH is 1. The molecule has 0 aliphatic rings. The minimum absolute atomic E-state index is 0.162. The fraction of sp³-hybridized carbons (Fsp3) is 0.474. The number of benzene rings is 1. The van der Waals surface area contributed by atoms with Crippen molar-refractivity contribution in [3.05, 3.63) is 52.3 Å². The van der Waals surface area contributed by atoms with Gasteiger partial charge in [0, 0.05) is 20.0 Å². The van der Waals surface area contributed by atoms with Gasteiger partial charge in [0.05, 0.1) is 23.2 Å². The van der Waals surface area contributed by atoms with E-state index in [4.69, 9.17) is 11.6 Å². The van der Waals surface area contributed by atoms with Gasteiger partial charge < -0.3 is 9.67 Å². The number of hydrogen-bond donors (Lipinski definition) is 2. The molecule has 0 fully saturated rings. The molecule has 12 heteroatoms. The number of halogens is 1. The number of aromatic amines is 1. The van der Waals surface area contributed by atoms with Gasteiger partial charge in [0.25, 0.3) is 0 Å². The summed E-state index contributed by atoms with van der Waals surface area (Å²) in [5.41, 5.74) is 1.43. The summed E-state index contributed by atoms with van der Waals surface area (Å²) in [5.74, 6) is 1.16. The highest BCUT2D eigenvalue weighted by atomic mass is 35.5. The predicted molar refractivity (Wildman–Crippen MR) is 115 cm³/mol. The van der Waals surface area contributed by atoms with Gasteiger partial charge in [-0.2, -0.15) is 4.31 Å². The molecule has 0 saturated carbocycles. The molecule has 1 atom stereocenters. The third-order valence-corrected chi connectivity index (χ3v) is 7.50. The number of nitrogens with zero attached hydrogens (tertiary/aromatic N) is 6. The molecule has 10 nitrogen and oxygen atoms in total. The van der Waals surface area contributed by atoms with Crippen LogP contribution >= 0.6 is 11.6 Å². The highest BCUT2D eigenvalue weighted by Gasteiger charge is 2.28. The number of rotatable bonds is 10. The molecule has 0 aliphatic carbocycles. The first-order valence-corrected chi connectivity index (χ1v) is 11.8. The van der Waals surface area contributed by atoms with Crippen LogP contribution in [0.25, 0.3) is 0 Å². The van der Waals surface area contributed by atoms with Crippen LogP contribution in [-0.2, 0) is 29.6 Å². The maximum Gasteiger partial charge on any atom is 0.243 e. The number of aryl methyl sites for hydroxylation is 1. The van der Waals surface area contributed by atoms with Crippen molar-refractivity contribution in [1.82, 2.24) is 34.5 Å². The second-order valence-electron chi connectivity index (χ2n) is 7.24. The van der Waals surface area contributed by atoms with Crippen LogP contribution in [0.15, 0.2) is 29.2 Å². The van der Waals surface area contributed by atoms with Crippen molar-refractivity contribution in [3.8, 4) is 0 Å². The van der Waals surface area contributed by atoms with Crippen LogP contribution in [0.3, 0.4) is 0 Å². The number of hydrogen-bond acceptors (Lipinski definition) is 7. The molecule has 0 bridgehead atoms. The first-order chi connectivity index (χ1) is 14.8. The molecule has 31 heavy (non-hydrogen) atoms. The van der Waals surface area contributed by atoms with Gasteiger partial charge >= 0.3 is 0 Å². The molecule has 0 spiro atoms. The van der Waals surface area contributed by atoms with E-state index in [-0.39, 0.29) is 11.5 Å². The second kappa shape index (κ2) is 9.86. The lowest BCUT2D eigenvalue weighted by molar-refractivity contribution is 0.271. The number of aliphatic hydroxyl groups is 1. The number of aromatic nitrogens is 6. The minimum atomic E-state index is -3.75. The Balaban J connectivity index is 1.82. The summed E-state index contributed by atoms with van der Waals surface area (Å²) in [4.78, 5) is 4.55. The van der Waals surface area contributed by atoms with Gasteiger partial charge in [0.15, 0.2) is 11.0 Å². The summed E-state index contributed by atoms with van der Waals surface area (Å²) in [5, 5.41) is 23.4. The number of nitrogens with one attached hydrogen (secondary N) is 1. The Bertz CT molecular complexity index is 1100. The topological polar surface area (TPSA) is 130 Å². The molecule has 168 valence electrons. The summed E-state index contributed by atoms with van der Waals surface area (Å²) in [6, 6.07) is 6.08. The Labute approximate surface area is 186 Å². The lowest BCUT2D eigenvalue weighted by atomic mass is 10.2. The third kappa shape index (κ3) is 4.95. The van der Waals surface area contributed by atoms with Crippen LogP contribution in [0.2, 0.25) is 5.15 Å². The number of unbranched alkanes of at least 4 members (excludes halogenated alkanes) is 1. The monoisotopic (exact) mass is 467 g/mol. The maximum atomic E-state index is 13.0. The largest absolute Gasteiger partial charge is 0.390 e. The SMILES string of the molecule is CCCCc1nc(Cl)c(CO)n1Cc1ccc(S(=O)(=O)N(C)C(C)c2nnn[nH]2)cc1. The summed E-state index contributed by atoms with van der Waals surface area (Å²) in [7, 11) is -2.26. The van der Waals surface area contributed by atoms with Gasteiger partial charge in [0.1, 0.15) is 5.82 Å². The molecular weight excluding hydrogens is 442 g/mol. The van der Waals surface area contributed by atoms with Crippen molar-refractivity contribution in [2.45, 2.75) is 57.2 Å². The van der Waals surface area contributed by atoms with Gasteiger partial charge in [-0.3, -0.25) is 0 Å². The standard InChI is InChI=1S/C19H26ClN7O3S/c1-4-5-6-17-21-18(20)16(12-28)27(17)11-14-7-9-15(10-8-14)31(29,30)26(3)13(2)19-22-24-25-23-19/h7-10,13,28H,4-6,11-12H2,1-3H3,(H,22,23,24,25). The van der Waals surface area contributed by atoms with E-state index in [1.165, 1.54) is 11.4 Å². The summed E-state index contributed by atoms with van der Waals surface area (Å²) < 4.78 is 29.1.